The largest absolute Gasteiger partial charge is 0.486 e. The number of para-hydroxylation sites is 1. The van der Waals surface area contributed by atoms with Gasteiger partial charge in [0, 0.05) is 36.0 Å². The van der Waals surface area contributed by atoms with Gasteiger partial charge in [0.2, 0.25) is 5.91 Å². The van der Waals surface area contributed by atoms with Crippen LogP contribution in [0.5, 0.6) is 5.75 Å². The van der Waals surface area contributed by atoms with Gasteiger partial charge < -0.3 is 9.64 Å². The Morgan fingerprint density at radius 3 is 2.74 bits per heavy atom. The van der Waals surface area contributed by atoms with Crippen LogP contribution in [-0.4, -0.2) is 33.9 Å². The minimum Gasteiger partial charge on any atom is -0.486 e. The second-order valence-electron chi connectivity index (χ2n) is 6.54. The molecule has 1 saturated heterocycles. The van der Waals surface area contributed by atoms with E-state index < -0.39 is 0 Å². The summed E-state index contributed by atoms with van der Waals surface area (Å²) < 4.78 is 5.72. The lowest BCUT2D eigenvalue weighted by Gasteiger charge is -2.31. The van der Waals surface area contributed by atoms with Crippen molar-refractivity contribution in [2.75, 3.05) is 13.1 Å². The van der Waals surface area contributed by atoms with Gasteiger partial charge in [-0.2, -0.15) is 0 Å². The quantitative estimate of drug-likeness (QED) is 0.625. The van der Waals surface area contributed by atoms with Gasteiger partial charge in [0.1, 0.15) is 17.4 Å². The predicted octanol–water partition coefficient (Wildman–Crippen LogP) is 4.13. The number of nitrogens with zero attached hydrogens (tertiary/aromatic N) is 3. The normalized spacial score (nSPS) is 15.0. The molecule has 0 N–H and O–H groups in total. The van der Waals surface area contributed by atoms with E-state index in [1.807, 2.05) is 52.2 Å². The third-order valence-corrected chi connectivity index (χ3v) is 6.49. The lowest BCUT2D eigenvalue weighted by atomic mass is 9.97. The zero-order valence-corrected chi connectivity index (χ0v) is 16.5. The Balaban J connectivity index is 1.26. The Labute approximate surface area is 166 Å². The van der Waals surface area contributed by atoms with E-state index in [1.54, 1.807) is 22.7 Å². The first-order valence-electron chi connectivity index (χ1n) is 9.06. The Kier molecular flexibility index (Phi) is 5.79. The van der Waals surface area contributed by atoms with Crippen LogP contribution in [-0.2, 0) is 17.8 Å². The third-order valence-electron chi connectivity index (χ3n) is 4.69. The molecule has 0 bridgehead atoms. The second-order valence-corrected chi connectivity index (χ2v) is 8.41. The number of amides is 1. The fourth-order valence-electron chi connectivity index (χ4n) is 3.24. The molecule has 0 atom stereocenters. The number of hydrogen-bond donors (Lipinski definition) is 0. The number of carbonyl (C=O) groups is 1. The number of piperidine rings is 1. The SMILES string of the molecule is O=C(Cc1csc(COc2ccccc2)n1)N1CCC(c2nccs2)CC1. The Morgan fingerprint density at radius 2 is 2.00 bits per heavy atom. The Bertz CT molecular complexity index is 857. The molecule has 1 aliphatic heterocycles. The molecule has 0 saturated carbocycles. The van der Waals surface area contributed by atoms with Gasteiger partial charge in [0.15, 0.2) is 0 Å². The molecular weight excluding hydrogens is 378 g/mol. The zero-order chi connectivity index (χ0) is 18.5. The molecule has 4 rings (SSSR count). The summed E-state index contributed by atoms with van der Waals surface area (Å²) in [6, 6.07) is 9.69. The number of thiazole rings is 2. The van der Waals surface area contributed by atoms with Gasteiger partial charge in [0.25, 0.3) is 0 Å². The van der Waals surface area contributed by atoms with Crippen molar-refractivity contribution in [3.8, 4) is 5.75 Å². The van der Waals surface area contributed by atoms with Gasteiger partial charge in [-0.1, -0.05) is 18.2 Å². The average molecular weight is 400 g/mol. The van der Waals surface area contributed by atoms with E-state index in [2.05, 4.69) is 9.97 Å². The van der Waals surface area contributed by atoms with E-state index >= 15 is 0 Å². The Hall–Kier alpha value is -2.25. The van der Waals surface area contributed by atoms with Crippen LogP contribution >= 0.6 is 22.7 Å². The van der Waals surface area contributed by atoms with E-state index in [4.69, 9.17) is 4.74 Å². The van der Waals surface area contributed by atoms with Crippen molar-refractivity contribution in [1.29, 1.82) is 0 Å². The lowest BCUT2D eigenvalue weighted by molar-refractivity contribution is -0.131. The third kappa shape index (κ3) is 4.73. The summed E-state index contributed by atoms with van der Waals surface area (Å²) in [7, 11) is 0. The topological polar surface area (TPSA) is 55.3 Å². The van der Waals surface area contributed by atoms with Crippen molar-refractivity contribution in [3.63, 3.8) is 0 Å². The summed E-state index contributed by atoms with van der Waals surface area (Å²) >= 11 is 3.25. The number of ether oxygens (including phenoxy) is 1. The average Bonchev–Trinajstić information content (AvgIpc) is 3.40. The standard InChI is InChI=1S/C20H21N3O2S2/c24-19(23-9-6-15(7-10-23)20-21-8-11-26-20)12-16-14-27-18(22-16)13-25-17-4-2-1-3-5-17/h1-5,8,11,14-15H,6-7,9-10,12-13H2. The van der Waals surface area contributed by atoms with Crippen molar-refractivity contribution in [3.05, 3.63) is 63.0 Å². The maximum Gasteiger partial charge on any atom is 0.228 e. The maximum absolute atomic E-state index is 12.6. The van der Waals surface area contributed by atoms with Crippen LogP contribution in [0.4, 0.5) is 0 Å². The zero-order valence-electron chi connectivity index (χ0n) is 14.9. The highest BCUT2D eigenvalue weighted by molar-refractivity contribution is 7.09. The number of carbonyl (C=O) groups excluding carboxylic acids is 1. The minimum absolute atomic E-state index is 0.161. The molecule has 5 nitrogen and oxygen atoms in total. The maximum atomic E-state index is 12.6. The number of benzene rings is 1. The molecule has 0 radical (unpaired) electrons. The molecule has 140 valence electrons. The highest BCUT2D eigenvalue weighted by Gasteiger charge is 2.25. The molecule has 2 aromatic heterocycles. The van der Waals surface area contributed by atoms with Gasteiger partial charge in [-0.25, -0.2) is 9.97 Å². The minimum atomic E-state index is 0.161. The summed E-state index contributed by atoms with van der Waals surface area (Å²) in [5.41, 5.74) is 0.832. The number of aromatic nitrogens is 2. The highest BCUT2D eigenvalue weighted by Crippen LogP contribution is 2.29. The van der Waals surface area contributed by atoms with E-state index in [0.29, 0.717) is 18.9 Å². The number of rotatable bonds is 6. The first-order valence-corrected chi connectivity index (χ1v) is 10.8. The smallest absolute Gasteiger partial charge is 0.228 e. The molecule has 3 heterocycles. The first kappa shape index (κ1) is 18.1. The monoisotopic (exact) mass is 399 g/mol. The summed E-state index contributed by atoms with van der Waals surface area (Å²) in [6.45, 7) is 2.04. The summed E-state index contributed by atoms with van der Waals surface area (Å²) in [5, 5.41) is 6.08. The highest BCUT2D eigenvalue weighted by atomic mass is 32.1. The van der Waals surface area contributed by atoms with Crippen LogP contribution in [0.25, 0.3) is 0 Å². The van der Waals surface area contributed by atoms with E-state index in [0.717, 1.165) is 42.4 Å². The molecule has 1 aromatic carbocycles. The molecule has 0 spiro atoms. The molecule has 3 aromatic rings. The molecular formula is C20H21N3O2S2. The van der Waals surface area contributed by atoms with Crippen LogP contribution in [0.15, 0.2) is 47.3 Å². The second kappa shape index (κ2) is 8.63. The number of likely N-dealkylation sites (tertiary alicyclic amines) is 1. The van der Waals surface area contributed by atoms with Crippen molar-refractivity contribution in [2.24, 2.45) is 0 Å². The molecule has 1 amide bonds. The van der Waals surface area contributed by atoms with Crippen LogP contribution in [0.1, 0.15) is 34.5 Å². The van der Waals surface area contributed by atoms with Gasteiger partial charge in [-0.15, -0.1) is 22.7 Å². The van der Waals surface area contributed by atoms with Gasteiger partial charge in [-0.3, -0.25) is 4.79 Å². The van der Waals surface area contributed by atoms with Crippen LogP contribution in [0.3, 0.4) is 0 Å². The molecule has 0 aliphatic carbocycles. The lowest BCUT2D eigenvalue weighted by Crippen LogP contribution is -2.38. The van der Waals surface area contributed by atoms with Gasteiger partial charge in [0.05, 0.1) is 17.1 Å². The van der Waals surface area contributed by atoms with E-state index in [9.17, 15) is 4.79 Å². The predicted molar refractivity (Wildman–Crippen MR) is 107 cm³/mol. The molecule has 1 fully saturated rings. The summed E-state index contributed by atoms with van der Waals surface area (Å²) in [5.74, 6) is 1.48. The summed E-state index contributed by atoms with van der Waals surface area (Å²) in [4.78, 5) is 23.5. The van der Waals surface area contributed by atoms with E-state index in [-0.39, 0.29) is 5.91 Å². The fraction of sp³-hybridized carbons (Fsp3) is 0.350. The van der Waals surface area contributed by atoms with Crippen LogP contribution in [0, 0.1) is 0 Å². The summed E-state index contributed by atoms with van der Waals surface area (Å²) in [6.07, 6.45) is 4.21. The van der Waals surface area contributed by atoms with Gasteiger partial charge in [-0.05, 0) is 25.0 Å². The molecule has 7 heteroatoms. The van der Waals surface area contributed by atoms with E-state index in [1.165, 1.54) is 5.01 Å². The number of hydrogen-bond acceptors (Lipinski definition) is 6. The van der Waals surface area contributed by atoms with Crippen molar-refractivity contribution < 1.29 is 9.53 Å². The molecule has 27 heavy (non-hydrogen) atoms. The van der Waals surface area contributed by atoms with Crippen molar-refractivity contribution in [1.82, 2.24) is 14.9 Å². The van der Waals surface area contributed by atoms with Crippen molar-refractivity contribution in [2.45, 2.75) is 31.8 Å². The molecule has 1 aliphatic rings. The van der Waals surface area contributed by atoms with Crippen LogP contribution < -0.4 is 4.74 Å². The van der Waals surface area contributed by atoms with Gasteiger partial charge >= 0.3 is 0 Å². The van der Waals surface area contributed by atoms with Crippen LogP contribution in [0.2, 0.25) is 0 Å². The Morgan fingerprint density at radius 1 is 1.19 bits per heavy atom. The molecule has 0 unspecified atom stereocenters. The fourth-order valence-corrected chi connectivity index (χ4v) is 4.75. The first-order chi connectivity index (χ1) is 13.3. The van der Waals surface area contributed by atoms with Crippen molar-refractivity contribution >= 4 is 28.6 Å².